The number of amidine groups is 1. The van der Waals surface area contributed by atoms with Crippen LogP contribution in [-0.2, 0) is 15.5 Å². The van der Waals surface area contributed by atoms with Crippen LogP contribution in [0.1, 0.15) is 51.3 Å². The summed E-state index contributed by atoms with van der Waals surface area (Å²) in [6.45, 7) is -0.0759. The summed E-state index contributed by atoms with van der Waals surface area (Å²) >= 11 is 1.27. The molecule has 5 N–H and O–H groups in total. The third-order valence-corrected chi connectivity index (χ3v) is 8.84. The molecule has 2 aromatic carbocycles. The van der Waals surface area contributed by atoms with Crippen LogP contribution in [0.2, 0.25) is 0 Å². The molecule has 3 aromatic rings. The maximum absolute atomic E-state index is 15.6. The second kappa shape index (κ2) is 11.7. The number of nitrogen functional groups attached to an aromatic ring is 1. The fraction of sp³-hybridized carbons (Fsp3) is 0.310. The summed E-state index contributed by atoms with van der Waals surface area (Å²) in [5, 5.41) is 17.7. The monoisotopic (exact) mass is 624 g/mol. The van der Waals surface area contributed by atoms with Gasteiger partial charge in [-0.15, -0.1) is 11.3 Å². The summed E-state index contributed by atoms with van der Waals surface area (Å²) in [6.07, 6.45) is -0.439. The predicted molar refractivity (Wildman–Crippen MR) is 157 cm³/mol. The van der Waals surface area contributed by atoms with Gasteiger partial charge < -0.3 is 21.3 Å². The van der Waals surface area contributed by atoms with Crippen molar-refractivity contribution in [2.75, 3.05) is 19.6 Å². The van der Waals surface area contributed by atoms with Gasteiger partial charge in [-0.3, -0.25) is 19.8 Å². The molecule has 15 heteroatoms. The van der Waals surface area contributed by atoms with Crippen LogP contribution in [0.15, 0.2) is 59.0 Å². The van der Waals surface area contributed by atoms with Gasteiger partial charge >= 0.3 is 0 Å². The van der Waals surface area contributed by atoms with Crippen LogP contribution < -0.4 is 16.4 Å². The molecule has 11 nitrogen and oxygen atoms in total. The van der Waals surface area contributed by atoms with Gasteiger partial charge in [0.15, 0.2) is 0 Å². The first-order valence-electron chi connectivity index (χ1n) is 13.5. The van der Waals surface area contributed by atoms with Gasteiger partial charge in [-0.1, -0.05) is 35.4 Å². The van der Waals surface area contributed by atoms with Crippen molar-refractivity contribution in [3.8, 4) is 11.1 Å². The van der Waals surface area contributed by atoms with Crippen molar-refractivity contribution in [3.63, 3.8) is 0 Å². The minimum atomic E-state index is -3.21. The molecular formula is C29H27F3N8O3S. The van der Waals surface area contributed by atoms with E-state index in [1.165, 1.54) is 41.7 Å². The smallest absolute Gasteiger partial charge is 0.299 e. The summed E-state index contributed by atoms with van der Waals surface area (Å²) in [4.78, 5) is 43.8. The zero-order valence-corrected chi connectivity index (χ0v) is 24.1. The lowest BCUT2D eigenvalue weighted by molar-refractivity contribution is -0.138. The number of rotatable bonds is 9. The van der Waals surface area contributed by atoms with Gasteiger partial charge in [0, 0.05) is 43.8 Å². The maximum Gasteiger partial charge on any atom is 0.299 e. The number of nitrogens with zero attached hydrogens (tertiary/aromatic N) is 4. The molecule has 1 fully saturated rings. The number of azide groups is 1. The van der Waals surface area contributed by atoms with E-state index in [0.29, 0.717) is 16.0 Å². The number of amides is 3. The van der Waals surface area contributed by atoms with Gasteiger partial charge in [-0.25, -0.2) is 4.39 Å². The molecular weight excluding hydrogens is 597 g/mol. The number of halogens is 3. The molecule has 3 amide bonds. The van der Waals surface area contributed by atoms with Gasteiger partial charge in [-0.05, 0) is 41.8 Å². The van der Waals surface area contributed by atoms with Crippen molar-refractivity contribution >= 4 is 34.9 Å². The Labute approximate surface area is 253 Å². The highest BCUT2D eigenvalue weighted by molar-refractivity contribution is 7.10. The maximum atomic E-state index is 15.6. The van der Waals surface area contributed by atoms with E-state index in [9.17, 15) is 23.2 Å². The van der Waals surface area contributed by atoms with Crippen molar-refractivity contribution in [3.05, 3.63) is 91.5 Å². The second-order valence-electron chi connectivity index (χ2n) is 10.7. The van der Waals surface area contributed by atoms with Crippen molar-refractivity contribution in [1.82, 2.24) is 15.5 Å². The molecule has 1 aliphatic heterocycles. The molecule has 0 saturated carbocycles. The van der Waals surface area contributed by atoms with E-state index < -0.39 is 67.5 Å². The highest BCUT2D eigenvalue weighted by Gasteiger charge is 2.49. The number of nitrogens with two attached hydrogens (primary N) is 1. The first kappa shape index (κ1) is 30.6. The second-order valence-corrected chi connectivity index (χ2v) is 11.7. The molecule has 1 saturated heterocycles. The standard InChI is InChI=1S/C29H27F3N8O3S/c1-15(23-9-17(12-44-23)25(33)34)38-27(43)22-10-28(30,13-37-39-35)14-40(22)24(41)11-36-26(42)16-6-7-21-19(8-16)18-4-2-3-5-20(18)29(21,31)32/h2-9,12,15,22H,10-11,13-14H2,1H3,(H3,33,34)(H,36,42)(H,38,43)/t15-,22+,28+/m1/s1. The van der Waals surface area contributed by atoms with E-state index in [0.717, 1.165) is 4.90 Å². The lowest BCUT2D eigenvalue weighted by atomic mass is 10.0. The van der Waals surface area contributed by atoms with Gasteiger partial charge in [0.1, 0.15) is 17.5 Å². The minimum absolute atomic E-state index is 0.0395. The van der Waals surface area contributed by atoms with Crippen molar-refractivity contribution in [2.45, 2.75) is 37.0 Å². The summed E-state index contributed by atoms with van der Waals surface area (Å²) in [6, 6.07) is 9.56. The normalized spacial score (nSPS) is 20.2. The average molecular weight is 625 g/mol. The summed E-state index contributed by atoms with van der Waals surface area (Å²) in [5.41, 5.74) is 12.7. The highest BCUT2D eigenvalue weighted by Crippen LogP contribution is 2.50. The molecule has 0 unspecified atom stereocenters. The topological polar surface area (TPSA) is 177 Å². The van der Waals surface area contributed by atoms with E-state index in [-0.39, 0.29) is 28.1 Å². The van der Waals surface area contributed by atoms with E-state index in [4.69, 9.17) is 16.7 Å². The average Bonchev–Trinajstić information content (AvgIpc) is 3.69. The number of thiophene rings is 1. The quantitative estimate of drug-likeness (QED) is 0.0909. The summed E-state index contributed by atoms with van der Waals surface area (Å²) < 4.78 is 45.4. The Morgan fingerprint density at radius 1 is 1.16 bits per heavy atom. The van der Waals surface area contributed by atoms with Crippen LogP contribution in [0, 0.1) is 5.41 Å². The summed E-state index contributed by atoms with van der Waals surface area (Å²) in [7, 11) is 0. The van der Waals surface area contributed by atoms with Crippen LogP contribution in [0.25, 0.3) is 21.6 Å². The number of fused-ring (bicyclic) bond motifs is 3. The van der Waals surface area contributed by atoms with Gasteiger partial charge in [-0.2, -0.15) is 8.78 Å². The third-order valence-electron chi connectivity index (χ3n) is 7.72. The molecule has 44 heavy (non-hydrogen) atoms. The largest absolute Gasteiger partial charge is 0.384 e. The Hall–Kier alpha value is -4.88. The van der Waals surface area contributed by atoms with Crippen molar-refractivity contribution in [2.24, 2.45) is 10.8 Å². The van der Waals surface area contributed by atoms with E-state index in [2.05, 4.69) is 20.7 Å². The van der Waals surface area contributed by atoms with Crippen molar-refractivity contribution in [1.29, 1.82) is 5.41 Å². The first-order chi connectivity index (χ1) is 20.8. The zero-order chi connectivity index (χ0) is 31.8. The lowest BCUT2D eigenvalue weighted by Crippen LogP contribution is -2.49. The molecule has 1 aliphatic carbocycles. The predicted octanol–water partition coefficient (Wildman–Crippen LogP) is 4.38. The Bertz CT molecular complexity index is 1720. The van der Waals surface area contributed by atoms with E-state index in [1.54, 1.807) is 30.5 Å². The number of hydrogen-bond donors (Lipinski definition) is 4. The molecule has 228 valence electrons. The molecule has 0 bridgehead atoms. The first-order valence-corrected chi connectivity index (χ1v) is 14.4. The van der Waals surface area contributed by atoms with Crippen LogP contribution >= 0.6 is 11.3 Å². The minimum Gasteiger partial charge on any atom is -0.384 e. The highest BCUT2D eigenvalue weighted by atomic mass is 32.1. The number of alkyl halides is 3. The fourth-order valence-corrected chi connectivity index (χ4v) is 6.40. The Kier molecular flexibility index (Phi) is 8.10. The molecule has 2 aliphatic rings. The van der Waals surface area contributed by atoms with Crippen LogP contribution in [0.5, 0.6) is 0 Å². The van der Waals surface area contributed by atoms with Gasteiger partial charge in [0.05, 0.1) is 25.7 Å². The number of nitrogens with one attached hydrogen (secondary N) is 3. The molecule has 1 aromatic heterocycles. The van der Waals surface area contributed by atoms with Gasteiger partial charge in [0.25, 0.3) is 11.8 Å². The number of benzene rings is 2. The Morgan fingerprint density at radius 2 is 1.89 bits per heavy atom. The molecule has 2 heterocycles. The van der Waals surface area contributed by atoms with Crippen LogP contribution in [0.3, 0.4) is 0 Å². The zero-order valence-electron chi connectivity index (χ0n) is 23.3. The number of hydrogen-bond acceptors (Lipinski definition) is 6. The number of carbonyl (C=O) groups is 3. The molecule has 3 atom stereocenters. The number of carbonyl (C=O) groups excluding carboxylic acids is 3. The van der Waals surface area contributed by atoms with Crippen LogP contribution in [-0.4, -0.2) is 59.8 Å². The lowest BCUT2D eigenvalue weighted by Gasteiger charge is -2.25. The number of likely N-dealkylation sites (tertiary alicyclic amines) is 1. The van der Waals surface area contributed by atoms with Crippen molar-refractivity contribution < 1.29 is 27.6 Å². The Balaban J connectivity index is 1.29. The Morgan fingerprint density at radius 3 is 2.59 bits per heavy atom. The third kappa shape index (κ3) is 5.71. The van der Waals surface area contributed by atoms with E-state index >= 15 is 4.39 Å². The molecule has 0 radical (unpaired) electrons. The fourth-order valence-electron chi connectivity index (χ4n) is 5.49. The SMILES string of the molecule is C[C@@H](NC(=O)[C@@H]1C[C@](F)(CN=[N+]=[N-])CN1C(=O)CNC(=O)c1ccc2c(c1)-c1ccccc1C2(F)F)c1cc(C(=N)N)cs1. The van der Waals surface area contributed by atoms with Crippen LogP contribution in [0.4, 0.5) is 13.2 Å². The summed E-state index contributed by atoms with van der Waals surface area (Å²) in [5.74, 6) is -5.49. The molecule has 5 rings (SSSR count). The van der Waals surface area contributed by atoms with E-state index in [1.807, 2.05) is 0 Å². The van der Waals surface area contributed by atoms with Gasteiger partial charge in [0.2, 0.25) is 11.8 Å². The molecule has 0 spiro atoms.